The normalized spacial score (nSPS) is 20.3. The van der Waals surface area contributed by atoms with E-state index in [-0.39, 0.29) is 10.8 Å². The van der Waals surface area contributed by atoms with Crippen LogP contribution in [-0.2, 0) is 15.9 Å². The van der Waals surface area contributed by atoms with Gasteiger partial charge in [0, 0.05) is 26.0 Å². The minimum absolute atomic E-state index is 0.0358. The zero-order chi connectivity index (χ0) is 15.6. The maximum Gasteiger partial charge on any atom is 0.243 e. The number of rotatable bonds is 5. The molecule has 118 valence electrons. The highest BCUT2D eigenvalue weighted by Gasteiger charge is 2.28. The zero-order valence-corrected chi connectivity index (χ0v) is 13.8. The van der Waals surface area contributed by atoms with Gasteiger partial charge in [-0.25, -0.2) is 17.1 Å². The number of nitrogens with zero attached hydrogens (tertiary/aromatic N) is 2. The summed E-state index contributed by atoms with van der Waals surface area (Å²) in [5.74, 6) is -0.228. The number of alkyl halides is 1. The van der Waals surface area contributed by atoms with Gasteiger partial charge in [-0.1, -0.05) is 6.07 Å². The lowest BCUT2D eigenvalue weighted by atomic mass is 10.1. The molecule has 1 heterocycles. The topological polar surface area (TPSA) is 40.6 Å². The molecule has 0 amide bonds. The Kier molecular flexibility index (Phi) is 5.24. The number of hydrogen-bond donors (Lipinski definition) is 0. The van der Waals surface area contributed by atoms with E-state index in [1.54, 1.807) is 0 Å². The molecule has 1 fully saturated rings. The standard InChI is InChI=1S/C14H20ClFN2O2S/c1-17-6-5-11(9-17)10-18(2)21(19,20)14-7-13(16)4-3-12(14)8-15/h3-4,7,11H,5-6,8-10H2,1-2H3. The molecule has 1 aromatic carbocycles. The van der Waals surface area contributed by atoms with Gasteiger partial charge in [-0.15, -0.1) is 11.6 Å². The molecule has 1 aliphatic rings. The summed E-state index contributed by atoms with van der Waals surface area (Å²) >= 11 is 5.77. The summed E-state index contributed by atoms with van der Waals surface area (Å²) in [4.78, 5) is 2.14. The Bertz CT molecular complexity index is 609. The monoisotopic (exact) mass is 334 g/mol. The maximum atomic E-state index is 13.4. The predicted octanol–water partition coefficient (Wildman–Crippen LogP) is 2.14. The molecule has 1 unspecified atom stereocenters. The highest BCUT2D eigenvalue weighted by molar-refractivity contribution is 7.89. The third kappa shape index (κ3) is 3.74. The highest BCUT2D eigenvalue weighted by Crippen LogP contribution is 2.24. The van der Waals surface area contributed by atoms with E-state index in [0.29, 0.717) is 18.0 Å². The van der Waals surface area contributed by atoms with Crippen LogP contribution in [0.3, 0.4) is 0 Å². The van der Waals surface area contributed by atoms with Gasteiger partial charge in [0.05, 0.1) is 4.90 Å². The molecule has 0 radical (unpaired) electrons. The molecule has 0 aromatic heterocycles. The Balaban J connectivity index is 2.22. The third-order valence-electron chi connectivity index (χ3n) is 3.87. The molecule has 1 aliphatic heterocycles. The van der Waals surface area contributed by atoms with Gasteiger partial charge in [0.15, 0.2) is 0 Å². The smallest absolute Gasteiger partial charge is 0.243 e. The van der Waals surface area contributed by atoms with Crippen molar-refractivity contribution in [2.24, 2.45) is 5.92 Å². The van der Waals surface area contributed by atoms with Gasteiger partial charge in [-0.3, -0.25) is 0 Å². The molecule has 0 saturated carbocycles. The fourth-order valence-electron chi connectivity index (χ4n) is 2.68. The van der Waals surface area contributed by atoms with Gasteiger partial charge < -0.3 is 4.90 Å². The fraction of sp³-hybridized carbons (Fsp3) is 0.571. The van der Waals surface area contributed by atoms with Crippen LogP contribution in [0.15, 0.2) is 23.1 Å². The maximum absolute atomic E-state index is 13.4. The van der Waals surface area contributed by atoms with Crippen molar-refractivity contribution in [3.05, 3.63) is 29.6 Å². The number of halogens is 2. The number of likely N-dealkylation sites (tertiary alicyclic amines) is 1. The van der Waals surface area contributed by atoms with Crippen molar-refractivity contribution in [2.45, 2.75) is 17.2 Å². The summed E-state index contributed by atoms with van der Waals surface area (Å²) in [6.07, 6.45) is 0.974. The summed E-state index contributed by atoms with van der Waals surface area (Å²) in [5.41, 5.74) is 0.424. The van der Waals surface area contributed by atoms with Crippen molar-refractivity contribution >= 4 is 21.6 Å². The Morgan fingerprint density at radius 2 is 2.19 bits per heavy atom. The van der Waals surface area contributed by atoms with Crippen LogP contribution in [-0.4, -0.2) is 51.4 Å². The van der Waals surface area contributed by atoms with Crippen LogP contribution in [0, 0.1) is 11.7 Å². The van der Waals surface area contributed by atoms with Crippen LogP contribution in [0.4, 0.5) is 4.39 Å². The van der Waals surface area contributed by atoms with Gasteiger partial charge in [-0.05, 0) is 43.6 Å². The van der Waals surface area contributed by atoms with E-state index in [2.05, 4.69) is 4.90 Å². The Morgan fingerprint density at radius 3 is 2.76 bits per heavy atom. The molecule has 0 spiro atoms. The molecule has 0 N–H and O–H groups in total. The van der Waals surface area contributed by atoms with Crippen molar-refractivity contribution in [1.82, 2.24) is 9.21 Å². The summed E-state index contributed by atoms with van der Waals surface area (Å²) in [7, 11) is -0.160. The van der Waals surface area contributed by atoms with Gasteiger partial charge in [0.1, 0.15) is 5.82 Å². The Hall–Kier alpha value is -0.690. The zero-order valence-electron chi connectivity index (χ0n) is 12.2. The molecule has 1 aromatic rings. The minimum atomic E-state index is -3.72. The summed E-state index contributed by atoms with van der Waals surface area (Å²) < 4.78 is 39.9. The van der Waals surface area contributed by atoms with Crippen LogP contribution in [0.1, 0.15) is 12.0 Å². The largest absolute Gasteiger partial charge is 0.306 e. The van der Waals surface area contributed by atoms with Gasteiger partial charge in [0.2, 0.25) is 10.0 Å². The van der Waals surface area contributed by atoms with E-state index >= 15 is 0 Å². The van der Waals surface area contributed by atoms with Crippen molar-refractivity contribution in [1.29, 1.82) is 0 Å². The lowest BCUT2D eigenvalue weighted by Crippen LogP contribution is -2.33. The highest BCUT2D eigenvalue weighted by atomic mass is 35.5. The molecule has 7 heteroatoms. The Morgan fingerprint density at radius 1 is 1.48 bits per heavy atom. The Labute approximate surface area is 130 Å². The molecule has 0 bridgehead atoms. The van der Waals surface area contributed by atoms with Crippen molar-refractivity contribution in [3.8, 4) is 0 Å². The molecular weight excluding hydrogens is 315 g/mol. The van der Waals surface area contributed by atoms with Gasteiger partial charge >= 0.3 is 0 Å². The third-order valence-corrected chi connectivity index (χ3v) is 6.06. The van der Waals surface area contributed by atoms with E-state index < -0.39 is 15.8 Å². The van der Waals surface area contributed by atoms with Crippen LogP contribution in [0.25, 0.3) is 0 Å². The van der Waals surface area contributed by atoms with Crippen molar-refractivity contribution < 1.29 is 12.8 Å². The van der Waals surface area contributed by atoms with Crippen LogP contribution < -0.4 is 0 Å². The molecule has 4 nitrogen and oxygen atoms in total. The first-order chi connectivity index (χ1) is 9.84. The van der Waals surface area contributed by atoms with Gasteiger partial charge in [0.25, 0.3) is 0 Å². The lowest BCUT2D eigenvalue weighted by Gasteiger charge is -2.22. The molecule has 2 rings (SSSR count). The predicted molar refractivity (Wildman–Crippen MR) is 81.4 cm³/mol. The molecule has 1 atom stereocenters. The number of sulfonamides is 1. The number of hydrogen-bond acceptors (Lipinski definition) is 3. The quantitative estimate of drug-likeness (QED) is 0.775. The number of benzene rings is 1. The first kappa shape index (κ1) is 16.7. The van der Waals surface area contributed by atoms with Crippen LogP contribution in [0.5, 0.6) is 0 Å². The fourth-order valence-corrected chi connectivity index (χ4v) is 4.47. The summed E-state index contributed by atoms with van der Waals surface area (Å²) in [5, 5.41) is 0. The van der Waals surface area contributed by atoms with E-state index in [1.807, 2.05) is 7.05 Å². The average molecular weight is 335 g/mol. The van der Waals surface area contributed by atoms with Crippen LogP contribution >= 0.6 is 11.6 Å². The van der Waals surface area contributed by atoms with Crippen molar-refractivity contribution in [3.63, 3.8) is 0 Å². The lowest BCUT2D eigenvalue weighted by molar-refractivity contribution is 0.356. The molecule has 1 saturated heterocycles. The first-order valence-corrected chi connectivity index (χ1v) is 8.81. The van der Waals surface area contributed by atoms with E-state index in [9.17, 15) is 12.8 Å². The van der Waals surface area contributed by atoms with E-state index in [1.165, 1.54) is 23.5 Å². The second-order valence-corrected chi connectivity index (χ2v) is 7.87. The SMILES string of the molecule is CN1CCC(CN(C)S(=O)(=O)c2cc(F)ccc2CCl)C1. The first-order valence-electron chi connectivity index (χ1n) is 6.84. The second kappa shape index (κ2) is 6.60. The molecule has 21 heavy (non-hydrogen) atoms. The minimum Gasteiger partial charge on any atom is -0.306 e. The van der Waals surface area contributed by atoms with E-state index in [0.717, 1.165) is 25.6 Å². The summed E-state index contributed by atoms with van der Waals surface area (Å²) in [6.45, 7) is 2.29. The second-order valence-electron chi connectivity index (χ2n) is 5.59. The summed E-state index contributed by atoms with van der Waals surface area (Å²) in [6, 6.07) is 3.69. The molecule has 0 aliphatic carbocycles. The van der Waals surface area contributed by atoms with Crippen molar-refractivity contribution in [2.75, 3.05) is 33.7 Å². The van der Waals surface area contributed by atoms with Gasteiger partial charge in [-0.2, -0.15) is 0 Å². The van der Waals surface area contributed by atoms with E-state index in [4.69, 9.17) is 11.6 Å². The molecular formula is C14H20ClFN2O2S. The average Bonchev–Trinajstić information content (AvgIpc) is 2.84. The van der Waals surface area contributed by atoms with Crippen LogP contribution in [0.2, 0.25) is 0 Å².